The van der Waals surface area contributed by atoms with Gasteiger partial charge in [0.15, 0.2) is 11.9 Å². The lowest BCUT2D eigenvalue weighted by molar-refractivity contribution is -0.571. The van der Waals surface area contributed by atoms with E-state index < -0.39 is 17.7 Å². The number of carbonyl (C=O) groups excluding carboxylic acids is 1. The lowest BCUT2D eigenvalue weighted by Crippen LogP contribution is -2.71. The fraction of sp³-hybridized carbons (Fsp3) is 0.842. The van der Waals surface area contributed by atoms with Gasteiger partial charge in [-0.05, 0) is 50.0 Å². The van der Waals surface area contributed by atoms with Crippen LogP contribution in [0.3, 0.4) is 0 Å². The van der Waals surface area contributed by atoms with E-state index in [1.165, 1.54) is 12.5 Å². The highest BCUT2D eigenvalue weighted by Crippen LogP contribution is 2.60. The third-order valence-electron chi connectivity index (χ3n) is 7.21. The van der Waals surface area contributed by atoms with Crippen LogP contribution in [0.2, 0.25) is 0 Å². The van der Waals surface area contributed by atoms with Crippen molar-refractivity contribution in [3.8, 4) is 0 Å². The second-order valence-corrected chi connectivity index (χ2v) is 8.63. The van der Waals surface area contributed by atoms with Crippen LogP contribution in [0.25, 0.3) is 0 Å². The Hall–Kier alpha value is -0.950. The minimum Gasteiger partial charge on any atom is -0.452 e. The van der Waals surface area contributed by atoms with Crippen molar-refractivity contribution in [2.75, 3.05) is 0 Å². The van der Waals surface area contributed by atoms with Crippen molar-refractivity contribution in [2.45, 2.75) is 76.3 Å². The Bertz CT molecular complexity index is 619. The fourth-order valence-electron chi connectivity index (χ4n) is 5.87. The van der Waals surface area contributed by atoms with Crippen LogP contribution in [0.1, 0.15) is 46.5 Å². The van der Waals surface area contributed by atoms with Gasteiger partial charge in [0.05, 0.1) is 0 Å². The van der Waals surface area contributed by atoms with Gasteiger partial charge in [0, 0.05) is 18.4 Å². The van der Waals surface area contributed by atoms with Crippen molar-refractivity contribution in [3.63, 3.8) is 0 Å². The van der Waals surface area contributed by atoms with E-state index in [9.17, 15) is 4.79 Å². The zero-order valence-corrected chi connectivity index (χ0v) is 15.0. The third kappa shape index (κ3) is 2.14. The predicted molar refractivity (Wildman–Crippen MR) is 85.8 cm³/mol. The first-order valence-electron chi connectivity index (χ1n) is 9.52. The van der Waals surface area contributed by atoms with Gasteiger partial charge in [-0.25, -0.2) is 14.6 Å². The van der Waals surface area contributed by atoms with Gasteiger partial charge < -0.3 is 14.2 Å². The first kappa shape index (κ1) is 16.2. The summed E-state index contributed by atoms with van der Waals surface area (Å²) in [5.74, 6) is 0.263. The minimum atomic E-state index is -0.773. The minimum absolute atomic E-state index is 0.182. The van der Waals surface area contributed by atoms with Crippen molar-refractivity contribution in [1.82, 2.24) is 0 Å². The van der Waals surface area contributed by atoms with Gasteiger partial charge in [-0.2, -0.15) is 0 Å². The molecule has 25 heavy (non-hydrogen) atoms. The van der Waals surface area contributed by atoms with Crippen LogP contribution < -0.4 is 0 Å². The molecule has 4 saturated heterocycles. The van der Waals surface area contributed by atoms with E-state index >= 15 is 0 Å². The topological polar surface area (TPSA) is 63.2 Å². The molecule has 6 rings (SSSR count). The van der Waals surface area contributed by atoms with E-state index in [1.807, 2.05) is 6.92 Å². The van der Waals surface area contributed by atoms with E-state index in [0.717, 1.165) is 19.3 Å². The summed E-state index contributed by atoms with van der Waals surface area (Å²) in [6.45, 7) is 6.40. The number of esters is 1. The van der Waals surface area contributed by atoms with Gasteiger partial charge in [-0.1, -0.05) is 13.8 Å². The SMILES string of the molecule is C[C@H]1[C@@H](C2C=CC(=O)O2)O[C@@H]2O[C@@]3(C)CC[C@H]4[C@H](C)CC[C@@H]1[C@@]24OO3. The van der Waals surface area contributed by atoms with Crippen LogP contribution in [0.5, 0.6) is 0 Å². The average molecular weight is 350 g/mol. The average Bonchev–Trinajstić information content (AvgIpc) is 2.88. The van der Waals surface area contributed by atoms with Crippen molar-refractivity contribution >= 4 is 5.97 Å². The maximum Gasteiger partial charge on any atom is 0.331 e. The Labute approximate surface area is 147 Å². The van der Waals surface area contributed by atoms with Crippen LogP contribution in [0.4, 0.5) is 0 Å². The van der Waals surface area contributed by atoms with Crippen LogP contribution >= 0.6 is 0 Å². The number of ether oxygens (including phenoxy) is 3. The number of carbonyl (C=O) groups is 1. The zero-order valence-electron chi connectivity index (χ0n) is 15.0. The highest BCUT2D eigenvalue weighted by atomic mass is 17.3. The Balaban J connectivity index is 1.54. The summed E-state index contributed by atoms with van der Waals surface area (Å²) < 4.78 is 18.2. The lowest BCUT2D eigenvalue weighted by atomic mass is 9.57. The van der Waals surface area contributed by atoms with E-state index in [1.54, 1.807) is 6.08 Å². The molecule has 1 spiro atoms. The molecule has 6 aliphatic rings. The standard InChI is InChI=1S/C19H26O6/c1-10-4-5-13-11(2)16(14-6-7-15(20)21-14)22-17-19(13)12(10)8-9-18(3,23-17)24-25-19/h6-7,10-14,16-17H,4-5,8-9H2,1-3H3/t10-,11-,12+,13+,14?,16+,17-,18-,19-/m1/s1. The third-order valence-corrected chi connectivity index (χ3v) is 7.21. The molecule has 6 nitrogen and oxygen atoms in total. The van der Waals surface area contributed by atoms with Gasteiger partial charge in [-0.15, -0.1) is 0 Å². The van der Waals surface area contributed by atoms with Crippen LogP contribution in [0, 0.1) is 23.7 Å². The largest absolute Gasteiger partial charge is 0.452 e. The predicted octanol–water partition coefficient (Wildman–Crippen LogP) is 2.72. The number of cyclic esters (lactones) is 1. The summed E-state index contributed by atoms with van der Waals surface area (Å²) in [5, 5.41) is 0. The summed E-state index contributed by atoms with van der Waals surface area (Å²) in [7, 11) is 0. The monoisotopic (exact) mass is 350 g/mol. The van der Waals surface area contributed by atoms with Gasteiger partial charge in [0.25, 0.3) is 0 Å². The first-order valence-corrected chi connectivity index (χ1v) is 9.52. The molecule has 0 N–H and O–H groups in total. The molecule has 1 aliphatic carbocycles. The highest BCUT2D eigenvalue weighted by Gasteiger charge is 2.69. The molecule has 0 aromatic rings. The van der Waals surface area contributed by atoms with Crippen molar-refractivity contribution in [3.05, 3.63) is 12.2 Å². The molecule has 0 amide bonds. The summed E-state index contributed by atoms with van der Waals surface area (Å²) >= 11 is 0. The Morgan fingerprint density at radius 1 is 1.12 bits per heavy atom. The molecule has 1 unspecified atom stereocenters. The smallest absolute Gasteiger partial charge is 0.331 e. The summed E-state index contributed by atoms with van der Waals surface area (Å²) in [6.07, 6.45) is 6.26. The van der Waals surface area contributed by atoms with Gasteiger partial charge in [-0.3, -0.25) is 0 Å². The van der Waals surface area contributed by atoms with E-state index in [4.69, 9.17) is 24.0 Å². The molecule has 1 saturated carbocycles. The molecular formula is C19H26O6. The second-order valence-electron chi connectivity index (χ2n) is 8.63. The summed E-state index contributed by atoms with van der Waals surface area (Å²) in [6, 6.07) is 0. The van der Waals surface area contributed by atoms with Crippen molar-refractivity contribution in [2.24, 2.45) is 23.7 Å². The molecule has 9 atom stereocenters. The Kier molecular flexibility index (Phi) is 3.43. The van der Waals surface area contributed by atoms with E-state index in [-0.39, 0.29) is 30.0 Å². The molecule has 0 aromatic carbocycles. The quantitative estimate of drug-likeness (QED) is 0.535. The normalized spacial score (nSPS) is 57.1. The van der Waals surface area contributed by atoms with E-state index in [2.05, 4.69) is 13.8 Å². The molecule has 2 bridgehead atoms. The first-order chi connectivity index (χ1) is 11.9. The molecule has 138 valence electrons. The van der Waals surface area contributed by atoms with Crippen molar-refractivity contribution < 1.29 is 28.8 Å². The Morgan fingerprint density at radius 2 is 1.96 bits per heavy atom. The highest BCUT2D eigenvalue weighted by molar-refractivity contribution is 5.84. The maximum absolute atomic E-state index is 11.5. The maximum atomic E-state index is 11.5. The number of hydrogen-bond donors (Lipinski definition) is 0. The van der Waals surface area contributed by atoms with Gasteiger partial charge in [0.1, 0.15) is 12.2 Å². The Morgan fingerprint density at radius 3 is 2.72 bits per heavy atom. The molecular weight excluding hydrogens is 324 g/mol. The lowest BCUT2D eigenvalue weighted by Gasteiger charge is -2.60. The number of hydrogen-bond acceptors (Lipinski definition) is 6. The number of fused-ring (bicyclic) bond motifs is 2. The van der Waals surface area contributed by atoms with Gasteiger partial charge >= 0.3 is 5.97 Å². The zero-order chi connectivity index (χ0) is 17.4. The van der Waals surface area contributed by atoms with Crippen LogP contribution in [0.15, 0.2) is 12.2 Å². The number of rotatable bonds is 1. The molecule has 5 aliphatic heterocycles. The molecule has 0 radical (unpaired) electrons. The summed E-state index contributed by atoms with van der Waals surface area (Å²) in [5.41, 5.74) is -0.560. The van der Waals surface area contributed by atoms with Crippen LogP contribution in [-0.4, -0.2) is 35.9 Å². The second kappa shape index (κ2) is 5.28. The molecule has 0 aromatic heterocycles. The van der Waals surface area contributed by atoms with E-state index in [0.29, 0.717) is 11.8 Å². The molecule has 5 fully saturated rings. The summed E-state index contributed by atoms with van der Waals surface area (Å²) in [4.78, 5) is 23.5. The van der Waals surface area contributed by atoms with Gasteiger partial charge in [0.2, 0.25) is 5.79 Å². The van der Waals surface area contributed by atoms with Crippen LogP contribution in [-0.2, 0) is 28.8 Å². The molecule has 5 heterocycles. The fourth-order valence-corrected chi connectivity index (χ4v) is 5.87. The molecule has 6 heteroatoms. The van der Waals surface area contributed by atoms with Crippen molar-refractivity contribution in [1.29, 1.82) is 0 Å².